The lowest BCUT2D eigenvalue weighted by molar-refractivity contribution is 0.180. The molecule has 3 aromatic rings. The standard InChI is InChI=1S/C23H23FIN5O5/c1-10-18(26-12-8-13(9-12)27-22(33)34)17-19(28(2)20(10)31)30(16-6-3-11(25)7-15(16)24)23(35)29(21(17)32)14-4-5-14/h3,6-7,12-14,26-27H,4-5,8-9H2,1-2H3,(H,33,34). The number of benzene rings is 1. The average Bonchev–Trinajstić information content (AvgIpc) is 3.59. The maximum absolute atomic E-state index is 15.1. The van der Waals surface area contributed by atoms with E-state index >= 15 is 4.39 Å². The predicted molar refractivity (Wildman–Crippen MR) is 136 cm³/mol. The minimum Gasteiger partial charge on any atom is -0.465 e. The van der Waals surface area contributed by atoms with Crippen LogP contribution in [0, 0.1) is 16.3 Å². The van der Waals surface area contributed by atoms with Gasteiger partial charge in [0, 0.05) is 34.3 Å². The summed E-state index contributed by atoms with van der Waals surface area (Å²) in [4.78, 5) is 51.4. The highest BCUT2D eigenvalue weighted by molar-refractivity contribution is 14.1. The number of fused-ring (bicyclic) bond motifs is 1. The lowest BCUT2D eigenvalue weighted by Crippen LogP contribution is -2.50. The van der Waals surface area contributed by atoms with Crippen molar-refractivity contribution in [1.29, 1.82) is 0 Å². The number of amides is 1. The van der Waals surface area contributed by atoms with Gasteiger partial charge < -0.3 is 15.7 Å². The molecule has 12 heteroatoms. The van der Waals surface area contributed by atoms with Gasteiger partial charge in [0.2, 0.25) is 0 Å². The first kappa shape index (κ1) is 23.6. The second-order valence-electron chi connectivity index (χ2n) is 9.14. The summed E-state index contributed by atoms with van der Waals surface area (Å²) < 4.78 is 19.2. The third kappa shape index (κ3) is 3.93. The minimum absolute atomic E-state index is 0.00893. The second-order valence-corrected chi connectivity index (χ2v) is 10.4. The number of halogens is 2. The summed E-state index contributed by atoms with van der Waals surface area (Å²) in [6.45, 7) is 1.59. The molecule has 0 unspecified atom stereocenters. The Kier molecular flexibility index (Phi) is 5.73. The first-order valence-electron chi connectivity index (χ1n) is 11.2. The lowest BCUT2D eigenvalue weighted by atomic mass is 9.86. The summed E-state index contributed by atoms with van der Waals surface area (Å²) in [7, 11) is 1.46. The quantitative estimate of drug-likeness (QED) is 0.389. The van der Waals surface area contributed by atoms with Gasteiger partial charge in [-0.15, -0.1) is 0 Å². The molecule has 5 rings (SSSR count). The molecule has 0 atom stereocenters. The van der Waals surface area contributed by atoms with E-state index in [0.717, 1.165) is 9.13 Å². The molecule has 10 nitrogen and oxygen atoms in total. The zero-order valence-corrected chi connectivity index (χ0v) is 21.1. The fourth-order valence-corrected chi connectivity index (χ4v) is 5.19. The number of anilines is 1. The zero-order valence-electron chi connectivity index (χ0n) is 19.0. The third-order valence-corrected chi connectivity index (χ3v) is 7.38. The van der Waals surface area contributed by atoms with E-state index in [1.807, 2.05) is 22.6 Å². The number of nitrogens with zero attached hydrogens (tertiary/aromatic N) is 3. The van der Waals surface area contributed by atoms with Gasteiger partial charge in [0.05, 0.1) is 11.4 Å². The summed E-state index contributed by atoms with van der Waals surface area (Å²) in [5.74, 6) is -0.648. The van der Waals surface area contributed by atoms with E-state index in [9.17, 15) is 19.2 Å². The van der Waals surface area contributed by atoms with E-state index in [1.165, 1.54) is 23.7 Å². The molecular weight excluding hydrogens is 572 g/mol. The molecule has 2 aliphatic carbocycles. The molecule has 2 heterocycles. The lowest BCUT2D eigenvalue weighted by Gasteiger charge is -2.36. The van der Waals surface area contributed by atoms with E-state index in [-0.39, 0.29) is 34.8 Å². The second kappa shape index (κ2) is 8.50. The minimum atomic E-state index is -1.11. The van der Waals surface area contributed by atoms with Crippen molar-refractivity contribution < 1.29 is 14.3 Å². The maximum atomic E-state index is 15.1. The Bertz CT molecular complexity index is 1570. The number of aromatic nitrogens is 3. The van der Waals surface area contributed by atoms with Crippen LogP contribution in [-0.2, 0) is 7.05 Å². The van der Waals surface area contributed by atoms with Gasteiger partial charge in [-0.1, -0.05) is 0 Å². The highest BCUT2D eigenvalue weighted by Gasteiger charge is 2.34. The number of nitrogens with one attached hydrogen (secondary N) is 2. The van der Waals surface area contributed by atoms with Gasteiger partial charge in [0.25, 0.3) is 11.1 Å². The van der Waals surface area contributed by atoms with Crippen molar-refractivity contribution in [3.8, 4) is 5.69 Å². The van der Waals surface area contributed by atoms with Crippen molar-refractivity contribution in [2.45, 2.75) is 50.7 Å². The van der Waals surface area contributed by atoms with Crippen LogP contribution in [-0.4, -0.2) is 37.0 Å². The Hall–Kier alpha value is -3.16. The summed E-state index contributed by atoms with van der Waals surface area (Å²) >= 11 is 1.97. The van der Waals surface area contributed by atoms with Gasteiger partial charge in [-0.05, 0) is 73.4 Å². The molecular formula is C23H23FIN5O5. The van der Waals surface area contributed by atoms with Crippen LogP contribution in [0.4, 0.5) is 14.9 Å². The molecule has 0 aliphatic heterocycles. The third-order valence-electron chi connectivity index (χ3n) is 6.71. The molecule has 2 saturated carbocycles. The van der Waals surface area contributed by atoms with Gasteiger partial charge in [0.1, 0.15) is 16.9 Å². The van der Waals surface area contributed by atoms with Crippen molar-refractivity contribution in [2.24, 2.45) is 7.05 Å². The Morgan fingerprint density at radius 1 is 1.14 bits per heavy atom. The number of rotatable bonds is 5. The van der Waals surface area contributed by atoms with E-state index in [4.69, 9.17) is 5.11 Å². The molecule has 0 bridgehead atoms. The Balaban J connectivity index is 1.79. The molecule has 35 heavy (non-hydrogen) atoms. The largest absolute Gasteiger partial charge is 0.465 e. The van der Waals surface area contributed by atoms with E-state index < -0.39 is 28.7 Å². The van der Waals surface area contributed by atoms with E-state index in [0.29, 0.717) is 40.5 Å². The molecule has 0 radical (unpaired) electrons. The number of aryl methyl sites for hydroxylation is 1. The molecule has 184 valence electrons. The Morgan fingerprint density at radius 3 is 2.43 bits per heavy atom. The van der Waals surface area contributed by atoms with Crippen LogP contribution in [0.25, 0.3) is 16.7 Å². The first-order chi connectivity index (χ1) is 16.6. The van der Waals surface area contributed by atoms with Crippen LogP contribution in [0.1, 0.15) is 37.3 Å². The fourth-order valence-electron chi connectivity index (χ4n) is 4.74. The van der Waals surface area contributed by atoms with Crippen LogP contribution in [0.15, 0.2) is 32.6 Å². The summed E-state index contributed by atoms with van der Waals surface area (Å²) in [5, 5.41) is 14.7. The van der Waals surface area contributed by atoms with E-state index in [2.05, 4.69) is 10.6 Å². The molecule has 0 spiro atoms. The Morgan fingerprint density at radius 2 is 1.83 bits per heavy atom. The first-order valence-corrected chi connectivity index (χ1v) is 12.3. The van der Waals surface area contributed by atoms with Crippen LogP contribution in [0.2, 0.25) is 0 Å². The van der Waals surface area contributed by atoms with Gasteiger partial charge in [-0.3, -0.25) is 18.7 Å². The van der Waals surface area contributed by atoms with Crippen LogP contribution in [0.3, 0.4) is 0 Å². The van der Waals surface area contributed by atoms with Crippen molar-refractivity contribution in [2.75, 3.05) is 5.32 Å². The zero-order chi connectivity index (χ0) is 25.2. The normalized spacial score (nSPS) is 19.4. The van der Waals surface area contributed by atoms with Gasteiger partial charge in [-0.2, -0.15) is 0 Å². The number of hydrogen-bond acceptors (Lipinski definition) is 5. The van der Waals surface area contributed by atoms with Gasteiger partial charge in [-0.25, -0.2) is 18.5 Å². The number of carboxylic acid groups (broad SMARTS) is 1. The van der Waals surface area contributed by atoms with Crippen molar-refractivity contribution in [1.82, 2.24) is 19.0 Å². The predicted octanol–water partition coefficient (Wildman–Crippen LogP) is 2.45. The van der Waals surface area contributed by atoms with E-state index in [1.54, 1.807) is 13.0 Å². The number of carbonyl (C=O) groups is 1. The maximum Gasteiger partial charge on any atom is 0.404 e. The van der Waals surface area contributed by atoms with Gasteiger partial charge in [0.15, 0.2) is 0 Å². The molecule has 2 fully saturated rings. The molecule has 3 N–H and O–H groups in total. The number of hydrogen-bond donors (Lipinski definition) is 3. The van der Waals surface area contributed by atoms with Crippen molar-refractivity contribution in [3.63, 3.8) is 0 Å². The highest BCUT2D eigenvalue weighted by Crippen LogP contribution is 2.34. The van der Waals surface area contributed by atoms with Crippen LogP contribution < -0.4 is 27.4 Å². The van der Waals surface area contributed by atoms with Gasteiger partial charge >= 0.3 is 11.8 Å². The molecule has 1 amide bonds. The monoisotopic (exact) mass is 595 g/mol. The topological polar surface area (TPSA) is 127 Å². The molecule has 2 aromatic heterocycles. The van der Waals surface area contributed by atoms with Crippen LogP contribution >= 0.6 is 22.6 Å². The average molecular weight is 595 g/mol. The smallest absolute Gasteiger partial charge is 0.404 e. The Labute approximate surface area is 211 Å². The highest BCUT2D eigenvalue weighted by atomic mass is 127. The SMILES string of the molecule is Cc1c(NC2CC(NC(=O)O)C2)c2c(=O)n(C3CC3)c(=O)n(-c3ccc(I)cc3F)c2n(C)c1=O. The molecule has 0 saturated heterocycles. The fraction of sp³-hybridized carbons (Fsp3) is 0.391. The molecule has 2 aliphatic rings. The molecule has 1 aromatic carbocycles. The summed E-state index contributed by atoms with van der Waals surface area (Å²) in [6.07, 6.45) is 1.16. The number of pyridine rings is 1. The van der Waals surface area contributed by atoms with Crippen LogP contribution in [0.5, 0.6) is 0 Å². The summed E-state index contributed by atoms with van der Waals surface area (Å²) in [5.41, 5.74) is -1.10. The summed E-state index contributed by atoms with van der Waals surface area (Å²) in [6, 6.07) is 3.71. The van der Waals surface area contributed by atoms with Crippen molar-refractivity contribution in [3.05, 3.63) is 64.3 Å². The van der Waals surface area contributed by atoms with Crippen molar-refractivity contribution >= 4 is 45.4 Å².